The van der Waals surface area contributed by atoms with Gasteiger partial charge in [-0.1, -0.05) is 13.8 Å². The first-order chi connectivity index (χ1) is 5.02. The van der Waals surface area contributed by atoms with Crippen LogP contribution in [0.5, 0.6) is 0 Å². The Morgan fingerprint density at radius 1 is 1.36 bits per heavy atom. The number of hydrogen-bond acceptors (Lipinski definition) is 2. The van der Waals surface area contributed by atoms with E-state index in [1.807, 2.05) is 19.0 Å². The van der Waals surface area contributed by atoms with Crippen LogP contribution in [0.3, 0.4) is 0 Å². The van der Waals surface area contributed by atoms with Crippen LogP contribution in [0.15, 0.2) is 0 Å². The summed E-state index contributed by atoms with van der Waals surface area (Å²) in [6, 6.07) is 0. The monoisotopic (exact) mass is 157 g/mol. The molecule has 0 aliphatic rings. The molecule has 0 rings (SSSR count). The van der Waals surface area contributed by atoms with E-state index >= 15 is 0 Å². The van der Waals surface area contributed by atoms with Gasteiger partial charge in [0, 0.05) is 6.42 Å². The van der Waals surface area contributed by atoms with Crippen molar-refractivity contribution in [3.63, 3.8) is 0 Å². The van der Waals surface area contributed by atoms with Crippen molar-refractivity contribution in [1.82, 2.24) is 4.90 Å². The number of Topliss-reactive ketones (excluding diaryl/α,β-unsaturated/α-hetero) is 1. The smallest absolute Gasteiger partial charge is 0.146 e. The van der Waals surface area contributed by atoms with Gasteiger partial charge in [0.1, 0.15) is 5.78 Å². The highest BCUT2D eigenvalue weighted by atomic mass is 16.1. The van der Waals surface area contributed by atoms with Crippen molar-refractivity contribution in [2.75, 3.05) is 20.6 Å². The van der Waals surface area contributed by atoms with Crippen molar-refractivity contribution < 1.29 is 4.79 Å². The third kappa shape index (κ3) is 7.53. The van der Waals surface area contributed by atoms with Crippen LogP contribution in [0.1, 0.15) is 26.7 Å². The molecule has 2 nitrogen and oxygen atoms in total. The number of rotatable bonds is 5. The van der Waals surface area contributed by atoms with Crippen LogP contribution in [-0.2, 0) is 4.79 Å². The standard InChI is InChI=1S/C9H19NO/c1-8(2)5-6-9(11)7-10(3)4/h8H,5-7H2,1-4H3. The summed E-state index contributed by atoms with van der Waals surface area (Å²) in [5.74, 6) is 0.991. The molecule has 0 unspecified atom stereocenters. The summed E-state index contributed by atoms with van der Waals surface area (Å²) in [6.07, 6.45) is 1.75. The summed E-state index contributed by atoms with van der Waals surface area (Å²) in [5, 5.41) is 0. The number of hydrogen-bond donors (Lipinski definition) is 0. The van der Waals surface area contributed by atoms with Gasteiger partial charge in [-0.3, -0.25) is 4.79 Å². The minimum Gasteiger partial charge on any atom is -0.302 e. The van der Waals surface area contributed by atoms with Gasteiger partial charge in [0.15, 0.2) is 0 Å². The molecule has 2 heteroatoms. The number of nitrogens with zero attached hydrogens (tertiary/aromatic N) is 1. The zero-order chi connectivity index (χ0) is 8.85. The molecule has 0 heterocycles. The van der Waals surface area contributed by atoms with Crippen molar-refractivity contribution in [2.45, 2.75) is 26.7 Å². The van der Waals surface area contributed by atoms with Crippen LogP contribution < -0.4 is 0 Å². The number of ketones is 1. The van der Waals surface area contributed by atoms with E-state index in [1.54, 1.807) is 0 Å². The summed E-state index contributed by atoms with van der Waals surface area (Å²) >= 11 is 0. The van der Waals surface area contributed by atoms with E-state index in [1.165, 1.54) is 0 Å². The van der Waals surface area contributed by atoms with Gasteiger partial charge in [0.05, 0.1) is 6.54 Å². The van der Waals surface area contributed by atoms with Gasteiger partial charge >= 0.3 is 0 Å². The molecule has 0 amide bonds. The maximum atomic E-state index is 11.1. The van der Waals surface area contributed by atoms with Crippen molar-refractivity contribution in [1.29, 1.82) is 0 Å². The first-order valence-corrected chi connectivity index (χ1v) is 4.18. The van der Waals surface area contributed by atoms with Crippen LogP contribution >= 0.6 is 0 Å². The van der Waals surface area contributed by atoms with E-state index in [0.29, 0.717) is 18.2 Å². The predicted molar refractivity (Wildman–Crippen MR) is 47.6 cm³/mol. The van der Waals surface area contributed by atoms with Gasteiger partial charge in [-0.15, -0.1) is 0 Å². The van der Waals surface area contributed by atoms with Gasteiger partial charge < -0.3 is 4.90 Å². The molecule has 11 heavy (non-hydrogen) atoms. The van der Waals surface area contributed by atoms with E-state index in [9.17, 15) is 4.79 Å². The molecule has 0 spiro atoms. The molecule has 0 aromatic heterocycles. The first-order valence-electron chi connectivity index (χ1n) is 4.18. The highest BCUT2D eigenvalue weighted by Crippen LogP contribution is 2.03. The lowest BCUT2D eigenvalue weighted by atomic mass is 10.1. The Kier molecular flexibility index (Phi) is 5.12. The SMILES string of the molecule is CC(C)CCC(=O)CN(C)C. The zero-order valence-electron chi connectivity index (χ0n) is 8.05. The third-order valence-corrected chi connectivity index (χ3v) is 1.49. The van der Waals surface area contributed by atoms with Gasteiger partial charge in [0.2, 0.25) is 0 Å². The number of carbonyl (C=O) groups excluding carboxylic acids is 1. The second kappa shape index (κ2) is 5.30. The van der Waals surface area contributed by atoms with Crippen LogP contribution in [0, 0.1) is 5.92 Å². The molecular formula is C9H19NO. The van der Waals surface area contributed by atoms with E-state index in [2.05, 4.69) is 13.8 Å². The molecule has 0 atom stereocenters. The van der Waals surface area contributed by atoms with Crippen molar-refractivity contribution in [2.24, 2.45) is 5.92 Å². The lowest BCUT2D eigenvalue weighted by Crippen LogP contribution is -2.21. The highest BCUT2D eigenvalue weighted by molar-refractivity contribution is 5.80. The molecule has 0 fully saturated rings. The summed E-state index contributed by atoms with van der Waals surface area (Å²) in [5.41, 5.74) is 0. The maximum absolute atomic E-state index is 11.1. The molecule has 66 valence electrons. The Morgan fingerprint density at radius 2 is 1.91 bits per heavy atom. The molecule has 0 aromatic rings. The molecule has 0 aliphatic carbocycles. The first kappa shape index (κ1) is 10.6. The molecule has 0 aliphatic heterocycles. The molecule has 0 saturated carbocycles. The normalized spacial score (nSPS) is 11.1. The van der Waals surface area contributed by atoms with E-state index < -0.39 is 0 Å². The molecule has 0 radical (unpaired) electrons. The minimum atomic E-state index is 0.351. The summed E-state index contributed by atoms with van der Waals surface area (Å²) in [4.78, 5) is 13.0. The topological polar surface area (TPSA) is 20.3 Å². The predicted octanol–water partition coefficient (Wildman–Crippen LogP) is 1.55. The summed E-state index contributed by atoms with van der Waals surface area (Å²) in [7, 11) is 3.85. The maximum Gasteiger partial charge on any atom is 0.146 e. The molecule has 0 saturated heterocycles. The lowest BCUT2D eigenvalue weighted by Gasteiger charge is -2.08. The van der Waals surface area contributed by atoms with E-state index in [4.69, 9.17) is 0 Å². The summed E-state index contributed by atoms with van der Waals surface area (Å²) < 4.78 is 0. The Hall–Kier alpha value is -0.370. The van der Waals surface area contributed by atoms with Gasteiger partial charge in [-0.25, -0.2) is 0 Å². The molecule has 0 bridgehead atoms. The Morgan fingerprint density at radius 3 is 2.27 bits per heavy atom. The quantitative estimate of drug-likeness (QED) is 0.603. The fourth-order valence-corrected chi connectivity index (χ4v) is 0.881. The lowest BCUT2D eigenvalue weighted by molar-refractivity contribution is -0.119. The van der Waals surface area contributed by atoms with Gasteiger partial charge in [-0.05, 0) is 26.4 Å². The average Bonchev–Trinajstić information content (AvgIpc) is 1.82. The van der Waals surface area contributed by atoms with Crippen molar-refractivity contribution in [3.8, 4) is 0 Å². The third-order valence-electron chi connectivity index (χ3n) is 1.49. The zero-order valence-corrected chi connectivity index (χ0v) is 8.05. The van der Waals surface area contributed by atoms with E-state index in [0.717, 1.165) is 12.8 Å². The Balaban J connectivity index is 3.38. The Bertz CT molecular complexity index is 119. The number of likely N-dealkylation sites (N-methyl/N-ethyl adjacent to an activating group) is 1. The summed E-state index contributed by atoms with van der Waals surface area (Å²) in [6.45, 7) is 4.87. The molecule has 0 aromatic carbocycles. The molecule has 0 N–H and O–H groups in total. The van der Waals surface area contributed by atoms with Gasteiger partial charge in [0.25, 0.3) is 0 Å². The van der Waals surface area contributed by atoms with Crippen LogP contribution in [0.2, 0.25) is 0 Å². The second-order valence-electron chi connectivity index (χ2n) is 3.71. The van der Waals surface area contributed by atoms with Crippen molar-refractivity contribution >= 4 is 5.78 Å². The highest BCUT2D eigenvalue weighted by Gasteiger charge is 2.03. The largest absolute Gasteiger partial charge is 0.302 e. The fourth-order valence-electron chi connectivity index (χ4n) is 0.881. The number of carbonyl (C=O) groups is 1. The van der Waals surface area contributed by atoms with Gasteiger partial charge in [-0.2, -0.15) is 0 Å². The van der Waals surface area contributed by atoms with Crippen molar-refractivity contribution in [3.05, 3.63) is 0 Å². The average molecular weight is 157 g/mol. The Labute approximate surface area is 69.6 Å². The van der Waals surface area contributed by atoms with E-state index in [-0.39, 0.29) is 0 Å². The minimum absolute atomic E-state index is 0.351. The fraction of sp³-hybridized carbons (Fsp3) is 0.889. The second-order valence-corrected chi connectivity index (χ2v) is 3.71. The van der Waals surface area contributed by atoms with Crippen LogP contribution in [0.25, 0.3) is 0 Å². The van der Waals surface area contributed by atoms with Crippen LogP contribution in [-0.4, -0.2) is 31.3 Å². The van der Waals surface area contributed by atoms with Crippen LogP contribution in [0.4, 0.5) is 0 Å². The molecular weight excluding hydrogens is 138 g/mol.